The summed E-state index contributed by atoms with van der Waals surface area (Å²) in [5.41, 5.74) is 2.95. The van der Waals surface area contributed by atoms with Gasteiger partial charge in [0.15, 0.2) is 12.4 Å². The van der Waals surface area contributed by atoms with Crippen LogP contribution in [0.4, 0.5) is 5.69 Å². The fraction of sp³-hybridized carbons (Fsp3) is 0.219. The van der Waals surface area contributed by atoms with E-state index in [0.717, 1.165) is 30.2 Å². The molecule has 3 aromatic carbocycles. The molecule has 2 aliphatic rings. The fourth-order valence-corrected chi connectivity index (χ4v) is 6.13. The molecule has 1 saturated heterocycles. The number of halogens is 2. The summed E-state index contributed by atoms with van der Waals surface area (Å²) in [6.45, 7) is -0.428. The Morgan fingerprint density at radius 1 is 0.902 bits per heavy atom. The monoisotopic (exact) mass is 630 g/mol. The van der Waals surface area contributed by atoms with Gasteiger partial charge in [-0.05, 0) is 73.5 Å². The van der Waals surface area contributed by atoms with Gasteiger partial charge in [0.05, 0.1) is 34.3 Å². The van der Waals surface area contributed by atoms with Crippen molar-refractivity contribution in [2.75, 3.05) is 11.5 Å². The maximum Gasteiger partial charge on any atom is 0.339 e. The van der Waals surface area contributed by atoms with Crippen molar-refractivity contribution < 1.29 is 23.9 Å². The lowest BCUT2D eigenvalue weighted by molar-refractivity contribution is -0.122. The molecule has 0 bridgehead atoms. The minimum atomic E-state index is -0.661. The van der Waals surface area contributed by atoms with Crippen molar-refractivity contribution in [2.24, 2.45) is 11.8 Å². The number of amides is 2. The van der Waals surface area contributed by atoms with E-state index in [0.29, 0.717) is 38.4 Å². The van der Waals surface area contributed by atoms with Crippen molar-refractivity contribution >= 4 is 67.7 Å². The number of nitrogens with zero attached hydrogens (tertiary/aromatic N) is 2. The Morgan fingerprint density at radius 2 is 1.56 bits per heavy atom. The quantitative estimate of drug-likeness (QED) is 0.129. The summed E-state index contributed by atoms with van der Waals surface area (Å²) in [7, 11) is 0. The third-order valence-electron chi connectivity index (χ3n) is 7.75. The third-order valence-corrected chi connectivity index (χ3v) is 8.50. The van der Waals surface area contributed by atoms with Crippen molar-refractivity contribution in [3.8, 4) is 11.3 Å². The van der Waals surface area contributed by atoms with Gasteiger partial charge in [0, 0.05) is 26.0 Å². The molecule has 4 aromatic rings. The summed E-state index contributed by atoms with van der Waals surface area (Å²) >= 11 is 9.34. The van der Waals surface area contributed by atoms with E-state index >= 15 is 0 Å². The van der Waals surface area contributed by atoms with Crippen LogP contribution >= 0.6 is 27.5 Å². The fourth-order valence-electron chi connectivity index (χ4n) is 5.64. The number of hydrogen-bond acceptors (Lipinski definition) is 6. The average Bonchev–Trinajstić information content (AvgIpc) is 3.25. The topological polar surface area (TPSA) is 93.6 Å². The number of ketones is 1. The molecule has 0 radical (unpaired) electrons. The van der Waals surface area contributed by atoms with Crippen molar-refractivity contribution in [2.45, 2.75) is 25.7 Å². The van der Waals surface area contributed by atoms with Gasteiger partial charge in [0.1, 0.15) is 0 Å². The zero-order valence-electron chi connectivity index (χ0n) is 21.8. The van der Waals surface area contributed by atoms with Crippen LogP contribution in [-0.2, 0) is 14.3 Å². The first kappa shape index (κ1) is 27.3. The molecule has 2 heterocycles. The first-order chi connectivity index (χ1) is 19.8. The van der Waals surface area contributed by atoms with E-state index in [2.05, 4.69) is 15.9 Å². The molecule has 2 amide bonds. The van der Waals surface area contributed by atoms with E-state index < -0.39 is 12.6 Å². The number of rotatable bonds is 6. The molecule has 9 heteroatoms. The number of ether oxygens (including phenoxy) is 1. The predicted octanol–water partition coefficient (Wildman–Crippen LogP) is 7.04. The summed E-state index contributed by atoms with van der Waals surface area (Å²) in [5.74, 6) is -1.71. The Balaban J connectivity index is 1.28. The molecule has 2 atom stereocenters. The van der Waals surface area contributed by atoms with Crippen molar-refractivity contribution in [1.82, 2.24) is 4.98 Å². The van der Waals surface area contributed by atoms with Crippen LogP contribution in [0.5, 0.6) is 0 Å². The molecule has 1 aliphatic heterocycles. The van der Waals surface area contributed by atoms with Crippen molar-refractivity contribution in [3.63, 3.8) is 0 Å². The number of fused-ring (bicyclic) bond motifs is 2. The standard InChI is InChI=1S/C32H24BrClN2O5/c33-20-9-14-27-25(15-20)26(32(40)41-17-29(37)19-5-10-21(34)11-6-19)16-28(35-27)18-7-12-22(13-8-18)36-30(38)23-3-1-2-4-24(23)31(36)39/h5-16,23-24H,1-4,17H2. The second-order valence-electron chi connectivity index (χ2n) is 10.3. The van der Waals surface area contributed by atoms with Crippen LogP contribution in [-0.4, -0.2) is 35.2 Å². The predicted molar refractivity (Wildman–Crippen MR) is 159 cm³/mol. The van der Waals surface area contributed by atoms with Crippen LogP contribution in [0, 0.1) is 11.8 Å². The van der Waals surface area contributed by atoms with Gasteiger partial charge in [-0.15, -0.1) is 0 Å². The van der Waals surface area contributed by atoms with E-state index in [1.54, 1.807) is 66.7 Å². The summed E-state index contributed by atoms with van der Waals surface area (Å²) < 4.78 is 6.18. The Hall–Kier alpha value is -3.88. The molecule has 2 unspecified atom stereocenters. The highest BCUT2D eigenvalue weighted by atomic mass is 79.9. The first-order valence-corrected chi connectivity index (χ1v) is 14.5. The van der Waals surface area contributed by atoms with E-state index in [1.807, 2.05) is 6.07 Å². The van der Waals surface area contributed by atoms with Gasteiger partial charge in [-0.25, -0.2) is 9.78 Å². The number of imide groups is 1. The molecular weight excluding hydrogens is 608 g/mol. The van der Waals surface area contributed by atoms with Gasteiger partial charge >= 0.3 is 5.97 Å². The van der Waals surface area contributed by atoms with Crippen molar-refractivity contribution in [1.29, 1.82) is 0 Å². The summed E-state index contributed by atoms with van der Waals surface area (Å²) in [4.78, 5) is 57.9. The number of esters is 1. The highest BCUT2D eigenvalue weighted by Crippen LogP contribution is 2.40. The highest BCUT2D eigenvalue weighted by Gasteiger charge is 2.48. The van der Waals surface area contributed by atoms with E-state index in [9.17, 15) is 19.2 Å². The van der Waals surface area contributed by atoms with Gasteiger partial charge in [0.25, 0.3) is 0 Å². The summed E-state index contributed by atoms with van der Waals surface area (Å²) in [6, 6.07) is 20.4. The molecule has 2 fully saturated rings. The first-order valence-electron chi connectivity index (χ1n) is 13.3. The third kappa shape index (κ3) is 5.29. The zero-order valence-corrected chi connectivity index (χ0v) is 24.2. The Morgan fingerprint density at radius 3 is 2.22 bits per heavy atom. The second-order valence-corrected chi connectivity index (χ2v) is 11.6. The molecule has 1 aliphatic carbocycles. The molecule has 1 aromatic heterocycles. The molecule has 6 rings (SSSR count). The smallest absolute Gasteiger partial charge is 0.339 e. The molecule has 0 spiro atoms. The van der Waals surface area contributed by atoms with E-state index in [4.69, 9.17) is 21.3 Å². The molecule has 7 nitrogen and oxygen atoms in total. The van der Waals surface area contributed by atoms with Crippen LogP contribution in [0.3, 0.4) is 0 Å². The van der Waals surface area contributed by atoms with Crippen LogP contribution in [0.1, 0.15) is 46.4 Å². The lowest BCUT2D eigenvalue weighted by atomic mass is 9.81. The Labute approximate surface area is 249 Å². The number of Topliss-reactive ketones (excluding diaryl/α,β-unsaturated/α-hetero) is 1. The maximum atomic E-state index is 13.2. The molecule has 41 heavy (non-hydrogen) atoms. The van der Waals surface area contributed by atoms with Gasteiger partial charge < -0.3 is 4.74 Å². The van der Waals surface area contributed by atoms with Crippen LogP contribution < -0.4 is 4.90 Å². The number of hydrogen-bond donors (Lipinski definition) is 0. The molecule has 0 N–H and O–H groups in total. The van der Waals surface area contributed by atoms with E-state index in [1.165, 1.54) is 4.90 Å². The van der Waals surface area contributed by atoms with Gasteiger partial charge in [-0.3, -0.25) is 19.3 Å². The van der Waals surface area contributed by atoms with Gasteiger partial charge in [-0.2, -0.15) is 0 Å². The molecule has 1 saturated carbocycles. The Kier molecular flexibility index (Phi) is 7.45. The average molecular weight is 632 g/mol. The minimum Gasteiger partial charge on any atom is -0.454 e. The van der Waals surface area contributed by atoms with Crippen molar-refractivity contribution in [3.05, 3.63) is 93.4 Å². The molecule has 206 valence electrons. The maximum absolute atomic E-state index is 13.2. The number of carbonyl (C=O) groups is 4. The van der Waals surface area contributed by atoms with Crippen LogP contribution in [0.15, 0.2) is 77.3 Å². The van der Waals surface area contributed by atoms with E-state index in [-0.39, 0.29) is 35.0 Å². The summed E-state index contributed by atoms with van der Waals surface area (Å²) in [6.07, 6.45) is 3.45. The SMILES string of the molecule is O=C(COC(=O)c1cc(-c2ccc(N3C(=O)C4CCCCC4C3=O)cc2)nc2ccc(Br)cc12)c1ccc(Cl)cc1. The number of pyridine rings is 1. The number of carbonyl (C=O) groups excluding carboxylic acids is 4. The van der Waals surface area contributed by atoms with Crippen LogP contribution in [0.25, 0.3) is 22.2 Å². The van der Waals surface area contributed by atoms with Gasteiger partial charge in [-0.1, -0.05) is 52.5 Å². The minimum absolute atomic E-state index is 0.125. The zero-order chi connectivity index (χ0) is 28.7. The normalized spacial score (nSPS) is 18.4. The van der Waals surface area contributed by atoms with Crippen LogP contribution in [0.2, 0.25) is 5.02 Å². The highest BCUT2D eigenvalue weighted by molar-refractivity contribution is 9.10. The number of aromatic nitrogens is 1. The second kappa shape index (κ2) is 11.2. The largest absolute Gasteiger partial charge is 0.454 e. The number of benzene rings is 3. The Bertz CT molecular complexity index is 1680. The summed E-state index contributed by atoms with van der Waals surface area (Å²) in [5, 5.41) is 1.07. The molecular formula is C32H24BrClN2O5. The lowest BCUT2D eigenvalue weighted by Gasteiger charge is -2.19. The lowest BCUT2D eigenvalue weighted by Crippen LogP contribution is -2.30. The van der Waals surface area contributed by atoms with Gasteiger partial charge in [0.2, 0.25) is 11.8 Å². The number of anilines is 1.